The summed E-state index contributed by atoms with van der Waals surface area (Å²) >= 11 is 3.80. The molecule has 3 heterocycles. The molecule has 2 nitrogen and oxygen atoms in total. The molecule has 45 heavy (non-hydrogen) atoms. The molecule has 0 spiro atoms. The van der Waals surface area contributed by atoms with Crippen LogP contribution in [0.1, 0.15) is 10.9 Å². The summed E-state index contributed by atoms with van der Waals surface area (Å²) in [5, 5.41) is 11.9. The Morgan fingerprint density at radius 2 is 1.33 bits per heavy atom. The molecule has 1 aliphatic rings. The molecule has 1 unspecified atom stereocenters. The number of benzene rings is 7. The number of aromatic nitrogens is 1. The van der Waals surface area contributed by atoms with Crippen molar-refractivity contribution < 1.29 is 0 Å². The molecule has 4 heteroatoms. The first-order valence-electron chi connectivity index (χ1n) is 15.3. The molecule has 0 aliphatic carbocycles. The van der Waals surface area contributed by atoms with E-state index >= 15 is 0 Å². The number of rotatable bonds is 3. The molecule has 1 atom stereocenters. The Kier molecular flexibility index (Phi) is 5.48. The minimum Gasteiger partial charge on any atom is -0.368 e. The Bertz CT molecular complexity index is 2590. The van der Waals surface area contributed by atoms with Crippen LogP contribution in [-0.4, -0.2) is 4.57 Å². The zero-order valence-corrected chi connectivity index (χ0v) is 25.8. The molecule has 0 saturated heterocycles. The summed E-state index contributed by atoms with van der Waals surface area (Å²) in [6, 6.07) is 53.3. The SMILES string of the molecule is c1ccc(-c2ccc3c(c2)sc2ccc4c(c23)NC(c2ccc(-n3c5ccccc5c5c6ccccc6ccc53)cc2)S4)cc1. The van der Waals surface area contributed by atoms with Crippen molar-refractivity contribution in [3.05, 3.63) is 151 Å². The van der Waals surface area contributed by atoms with Gasteiger partial charge in [0.25, 0.3) is 0 Å². The van der Waals surface area contributed by atoms with E-state index in [4.69, 9.17) is 0 Å². The standard InChI is InChI=1S/C41H26N2S2/c1-2-8-25(9-3-1)28-16-20-32-37(24-28)44-35-22-23-36-40(39(32)35)42-41(45-36)27-14-18-29(19-15-27)43-33-13-7-6-12-31(33)38-30-11-5-4-10-26(30)17-21-34(38)43/h1-24,41-42H. The van der Waals surface area contributed by atoms with Gasteiger partial charge < -0.3 is 9.88 Å². The zero-order chi connectivity index (χ0) is 29.5. The van der Waals surface area contributed by atoms with E-state index in [1.54, 1.807) is 0 Å². The van der Waals surface area contributed by atoms with Crippen molar-refractivity contribution in [3.63, 3.8) is 0 Å². The average Bonchev–Trinajstić information content (AvgIpc) is 3.80. The fraction of sp³-hybridized carbons (Fsp3) is 0.0244. The first-order valence-corrected chi connectivity index (χ1v) is 17.0. The lowest BCUT2D eigenvalue weighted by Gasteiger charge is -2.13. The largest absolute Gasteiger partial charge is 0.368 e. The van der Waals surface area contributed by atoms with Gasteiger partial charge in [-0.15, -0.1) is 11.3 Å². The second-order valence-corrected chi connectivity index (χ2v) is 14.0. The number of anilines is 1. The van der Waals surface area contributed by atoms with Crippen LogP contribution in [0.25, 0.3) is 69.6 Å². The second-order valence-electron chi connectivity index (χ2n) is 11.8. The third kappa shape index (κ3) is 3.83. The van der Waals surface area contributed by atoms with Gasteiger partial charge in [0.15, 0.2) is 0 Å². The van der Waals surface area contributed by atoms with Crippen LogP contribution in [0, 0.1) is 0 Å². The molecule has 0 saturated carbocycles. The second kappa shape index (κ2) is 9.73. The van der Waals surface area contributed by atoms with Gasteiger partial charge in [0.05, 0.1) is 16.7 Å². The van der Waals surface area contributed by atoms with E-state index in [2.05, 4.69) is 155 Å². The monoisotopic (exact) mass is 610 g/mol. The molecule has 0 fully saturated rings. The van der Waals surface area contributed by atoms with E-state index in [-0.39, 0.29) is 5.37 Å². The van der Waals surface area contributed by atoms with Crippen molar-refractivity contribution >= 4 is 81.5 Å². The lowest BCUT2D eigenvalue weighted by molar-refractivity contribution is 1.12. The van der Waals surface area contributed by atoms with Gasteiger partial charge in [-0.25, -0.2) is 0 Å². The van der Waals surface area contributed by atoms with Gasteiger partial charge in [0.1, 0.15) is 5.37 Å². The summed E-state index contributed by atoms with van der Waals surface area (Å²) < 4.78 is 5.07. The van der Waals surface area contributed by atoms with Crippen LogP contribution < -0.4 is 5.32 Å². The van der Waals surface area contributed by atoms with Gasteiger partial charge in [0.2, 0.25) is 0 Å². The number of para-hydroxylation sites is 1. The van der Waals surface area contributed by atoms with Crippen molar-refractivity contribution in [2.75, 3.05) is 5.32 Å². The lowest BCUT2D eigenvalue weighted by atomic mass is 10.0. The topological polar surface area (TPSA) is 17.0 Å². The molecule has 2 aromatic heterocycles. The molecular weight excluding hydrogens is 585 g/mol. The van der Waals surface area contributed by atoms with Crippen LogP contribution in [0.5, 0.6) is 0 Å². The highest BCUT2D eigenvalue weighted by atomic mass is 32.2. The third-order valence-corrected chi connectivity index (χ3v) is 11.6. The molecule has 1 N–H and O–H groups in total. The maximum Gasteiger partial charge on any atom is 0.103 e. The molecule has 0 radical (unpaired) electrons. The van der Waals surface area contributed by atoms with E-state index in [0.29, 0.717) is 0 Å². The van der Waals surface area contributed by atoms with Crippen molar-refractivity contribution in [1.29, 1.82) is 0 Å². The van der Waals surface area contributed by atoms with E-state index in [0.717, 1.165) is 0 Å². The first kappa shape index (κ1) is 25.3. The predicted molar refractivity (Wildman–Crippen MR) is 195 cm³/mol. The van der Waals surface area contributed by atoms with E-state index in [1.165, 1.54) is 85.7 Å². The van der Waals surface area contributed by atoms with Crippen LogP contribution in [0.15, 0.2) is 150 Å². The van der Waals surface area contributed by atoms with E-state index < -0.39 is 0 Å². The number of fused-ring (bicyclic) bond motifs is 10. The molecule has 212 valence electrons. The minimum absolute atomic E-state index is 0.167. The summed E-state index contributed by atoms with van der Waals surface area (Å²) in [7, 11) is 0. The molecule has 9 aromatic rings. The van der Waals surface area contributed by atoms with Crippen molar-refractivity contribution in [2.24, 2.45) is 0 Å². The van der Waals surface area contributed by atoms with Gasteiger partial charge in [-0.1, -0.05) is 115 Å². The van der Waals surface area contributed by atoms with Crippen LogP contribution >= 0.6 is 23.1 Å². The van der Waals surface area contributed by atoms with Gasteiger partial charge in [-0.05, 0) is 69.9 Å². The summed E-state index contributed by atoms with van der Waals surface area (Å²) in [6.07, 6.45) is 0. The Hall–Kier alpha value is -5.03. The maximum atomic E-state index is 3.91. The normalized spacial score (nSPS) is 14.5. The summed E-state index contributed by atoms with van der Waals surface area (Å²) in [5.41, 5.74) is 8.73. The fourth-order valence-corrected chi connectivity index (χ4v) is 9.46. The van der Waals surface area contributed by atoms with Crippen LogP contribution in [0.2, 0.25) is 0 Å². The number of hydrogen-bond acceptors (Lipinski definition) is 3. The molecule has 10 rings (SSSR count). The zero-order valence-electron chi connectivity index (χ0n) is 24.2. The minimum atomic E-state index is 0.167. The molecule has 1 aliphatic heterocycles. The number of nitrogens with one attached hydrogen (secondary N) is 1. The maximum absolute atomic E-state index is 3.91. The summed E-state index contributed by atoms with van der Waals surface area (Å²) in [6.45, 7) is 0. The van der Waals surface area contributed by atoms with Crippen molar-refractivity contribution in [3.8, 4) is 16.8 Å². The van der Waals surface area contributed by atoms with Crippen LogP contribution in [0.3, 0.4) is 0 Å². The van der Waals surface area contributed by atoms with E-state index in [1.807, 2.05) is 23.1 Å². The Morgan fingerprint density at radius 3 is 2.22 bits per heavy atom. The molecule has 0 bridgehead atoms. The number of thiophene rings is 1. The summed E-state index contributed by atoms with van der Waals surface area (Å²) in [5.74, 6) is 0. The predicted octanol–water partition coefficient (Wildman–Crippen LogP) is 12.2. The van der Waals surface area contributed by atoms with Crippen molar-refractivity contribution in [1.82, 2.24) is 4.57 Å². The van der Waals surface area contributed by atoms with Crippen molar-refractivity contribution in [2.45, 2.75) is 10.3 Å². The smallest absolute Gasteiger partial charge is 0.103 e. The first-order chi connectivity index (χ1) is 22.3. The molecular formula is C41H26N2S2. The van der Waals surface area contributed by atoms with Gasteiger partial charge in [-0.3, -0.25) is 0 Å². The Morgan fingerprint density at radius 1 is 0.533 bits per heavy atom. The highest BCUT2D eigenvalue weighted by Gasteiger charge is 2.26. The van der Waals surface area contributed by atoms with E-state index in [9.17, 15) is 0 Å². The molecule has 7 aromatic carbocycles. The van der Waals surface area contributed by atoms with Gasteiger partial charge in [-0.2, -0.15) is 0 Å². The highest BCUT2D eigenvalue weighted by molar-refractivity contribution is 8.00. The fourth-order valence-electron chi connectivity index (χ4n) is 7.15. The average molecular weight is 611 g/mol. The summed E-state index contributed by atoms with van der Waals surface area (Å²) in [4.78, 5) is 1.32. The lowest BCUT2D eigenvalue weighted by Crippen LogP contribution is -2.02. The third-order valence-electron chi connectivity index (χ3n) is 9.24. The number of nitrogens with zero attached hydrogens (tertiary/aromatic N) is 1. The Labute approximate surface area is 268 Å². The van der Waals surface area contributed by atoms with Gasteiger partial charge >= 0.3 is 0 Å². The highest BCUT2D eigenvalue weighted by Crippen LogP contribution is 2.52. The quantitative estimate of drug-likeness (QED) is 0.214. The number of thioether (sulfide) groups is 1. The van der Waals surface area contributed by atoms with Crippen LogP contribution in [-0.2, 0) is 0 Å². The van der Waals surface area contributed by atoms with Crippen LogP contribution in [0.4, 0.5) is 5.69 Å². The number of hydrogen-bond donors (Lipinski definition) is 1. The Balaban J connectivity index is 1.03. The molecule has 0 amide bonds. The van der Waals surface area contributed by atoms with Gasteiger partial charge in [0, 0.05) is 41.5 Å².